The maximum atomic E-state index is 14.8. The molecular weight excluding hydrogens is 1100 g/mol. The van der Waals surface area contributed by atoms with Crippen molar-refractivity contribution in [3.63, 3.8) is 0 Å². The van der Waals surface area contributed by atoms with Crippen molar-refractivity contribution in [1.82, 2.24) is 71.2 Å². The molecule has 8 rings (SSSR count). The fourth-order valence-electron chi connectivity index (χ4n) is 8.29. The second-order valence-corrected chi connectivity index (χ2v) is 18.7. The third kappa shape index (κ3) is 13.1. The number of benzene rings is 2. The van der Waals surface area contributed by atoms with E-state index in [4.69, 9.17) is 9.47 Å². The number of amides is 6. The number of imidazole rings is 2. The number of alkyl halides is 12. The van der Waals surface area contributed by atoms with Gasteiger partial charge in [0.15, 0.2) is 16.8 Å². The van der Waals surface area contributed by atoms with E-state index in [1.165, 1.54) is 50.2 Å². The summed E-state index contributed by atoms with van der Waals surface area (Å²) >= 11 is 0.448. The van der Waals surface area contributed by atoms with E-state index in [0.717, 1.165) is 16.9 Å². The first-order chi connectivity index (χ1) is 36.5. The van der Waals surface area contributed by atoms with Gasteiger partial charge in [-0.25, -0.2) is 28.8 Å². The van der Waals surface area contributed by atoms with Crippen molar-refractivity contribution < 1.29 is 90.6 Å². The fraction of sp³-hybridized carbons (Fsp3) is 0.465. The molecule has 2 saturated heterocycles. The molecule has 4 aromatic heterocycles. The summed E-state index contributed by atoms with van der Waals surface area (Å²) in [6.07, 6.45) is -25.5. The number of nitrogens with one attached hydrogen (secondary N) is 5. The van der Waals surface area contributed by atoms with Gasteiger partial charge in [0.25, 0.3) is 11.8 Å². The van der Waals surface area contributed by atoms with Gasteiger partial charge in [-0.15, -0.1) is 0 Å². The molecule has 0 saturated carbocycles. The van der Waals surface area contributed by atoms with Crippen molar-refractivity contribution in [2.75, 3.05) is 26.9 Å². The standard InChI is InChI=1S/C43H40F12N14O8S/c1-18-29(65-76-63-18)35(70)61-31(33-56-22-6-4-20(10-24(22)58-33)13-67-15-27(42(50,51)52)60-38(67)72)26(12-41(47,48)49)75-17-69-28(43(53,54)55)16-68(39(69)73)14-21-5-7-23-25(11-21)59-34(57-23)32(37(74-3)78-9-8-40(44,45)46)62-36(71)30-19(2)64-77-66-30/h4-7,10-11,26-28,31-32,37H,8,12-17H2,1-3H3,(H,56,58)(H,57,59)(H,60,72)(H,61,70)(H,62,71)/t26-,27+,28+,31+,32-,37?/m1/s1. The Morgan fingerprint density at radius 1 is 0.756 bits per heavy atom. The highest BCUT2D eigenvalue weighted by Crippen LogP contribution is 2.36. The van der Waals surface area contributed by atoms with E-state index >= 15 is 0 Å². The van der Waals surface area contributed by atoms with Crippen LogP contribution in [0, 0.1) is 19.0 Å². The van der Waals surface area contributed by atoms with Gasteiger partial charge in [0.05, 0.1) is 47.7 Å². The Balaban J connectivity index is 1.05. The summed E-state index contributed by atoms with van der Waals surface area (Å²) in [7, 11) is 1.14. The van der Waals surface area contributed by atoms with Crippen LogP contribution in [0.5, 0.6) is 0 Å². The summed E-state index contributed by atoms with van der Waals surface area (Å²) in [6, 6.07) is -2.51. The summed E-state index contributed by atoms with van der Waals surface area (Å²) in [4.78, 5) is 69.1. The molecule has 2 aromatic carbocycles. The molecule has 6 amide bonds. The fourth-order valence-corrected chi connectivity index (χ4v) is 9.13. The molecule has 78 heavy (non-hydrogen) atoms. The van der Waals surface area contributed by atoms with Crippen molar-refractivity contribution >= 4 is 57.1 Å². The van der Waals surface area contributed by atoms with Crippen LogP contribution >= 0.6 is 11.2 Å². The number of halogens is 12. The lowest BCUT2D eigenvalue weighted by atomic mass is 10.1. The third-order valence-corrected chi connectivity index (χ3v) is 13.0. The van der Waals surface area contributed by atoms with Crippen molar-refractivity contribution in [2.45, 2.75) is 100 Å². The SMILES string of the molecule is COC(S#CCC(F)(F)F)[C@H](NC(=O)c1nonc1C)c1nc2ccc(CN3C[C@@H](C(F)(F)F)N(CO[C@H](CC(F)(F)F)[C@H](NC(=O)c4nonc4C)c4nc5ccc(CN6C[C@@H](C(F)(F)F)NC6=O)cc5[nH]4)C3=O)cc2[nH]1. The predicted octanol–water partition coefficient (Wildman–Crippen LogP) is 7.00. The Hall–Kier alpha value is -7.78. The minimum Gasteiger partial charge on any atom is -0.364 e. The van der Waals surface area contributed by atoms with Crippen LogP contribution < -0.4 is 16.0 Å². The van der Waals surface area contributed by atoms with Crippen LogP contribution in [0.1, 0.15) is 80.1 Å². The molecule has 2 fully saturated rings. The minimum atomic E-state index is -5.20. The molecule has 0 radical (unpaired) electrons. The number of H-pyrrole nitrogens is 2. The molecule has 2 aliphatic heterocycles. The zero-order valence-electron chi connectivity index (χ0n) is 40.1. The Labute approximate surface area is 432 Å². The molecule has 2 aliphatic rings. The van der Waals surface area contributed by atoms with E-state index in [-0.39, 0.29) is 67.5 Å². The molecule has 6 atom stereocenters. The molecule has 22 nitrogen and oxygen atoms in total. The van der Waals surface area contributed by atoms with Gasteiger partial charge in [-0.1, -0.05) is 38.8 Å². The monoisotopic (exact) mass is 1140 g/mol. The zero-order valence-corrected chi connectivity index (χ0v) is 40.9. The number of rotatable bonds is 17. The van der Waals surface area contributed by atoms with Gasteiger partial charge in [-0.2, -0.15) is 52.7 Å². The number of urea groups is 2. The van der Waals surface area contributed by atoms with Gasteiger partial charge in [0, 0.05) is 20.2 Å². The molecule has 0 spiro atoms. The van der Waals surface area contributed by atoms with E-state index in [2.05, 4.69) is 65.6 Å². The largest absolute Gasteiger partial charge is 0.410 e. The number of carbonyl (C=O) groups is 4. The molecular formula is C43H40F12N14O8S. The predicted molar refractivity (Wildman–Crippen MR) is 240 cm³/mol. The number of aromatic nitrogens is 8. The van der Waals surface area contributed by atoms with Crippen LogP contribution in [0.3, 0.4) is 0 Å². The Kier molecular flexibility index (Phi) is 15.9. The summed E-state index contributed by atoms with van der Waals surface area (Å²) in [5, 5.41) is 22.7. The van der Waals surface area contributed by atoms with Crippen molar-refractivity contribution in [3.8, 4) is 5.18 Å². The third-order valence-electron chi connectivity index (χ3n) is 12.0. The van der Waals surface area contributed by atoms with Crippen LogP contribution in [-0.4, -0.2) is 154 Å². The zero-order chi connectivity index (χ0) is 56.6. The maximum absolute atomic E-state index is 14.8. The first kappa shape index (κ1) is 56.4. The van der Waals surface area contributed by atoms with Crippen molar-refractivity contribution in [1.29, 1.82) is 0 Å². The van der Waals surface area contributed by atoms with Crippen LogP contribution in [0.4, 0.5) is 62.3 Å². The average Bonchev–Trinajstić information content (AvgIpc) is 4.25. The summed E-state index contributed by atoms with van der Waals surface area (Å²) < 4.78 is 187. The van der Waals surface area contributed by atoms with Crippen LogP contribution in [0.25, 0.3) is 22.1 Å². The Bertz CT molecular complexity index is 3260. The van der Waals surface area contributed by atoms with Gasteiger partial charge < -0.3 is 45.2 Å². The van der Waals surface area contributed by atoms with E-state index in [1.54, 1.807) is 0 Å². The number of fused-ring (bicyclic) bond motifs is 2. The van der Waals surface area contributed by atoms with Crippen molar-refractivity contribution in [3.05, 3.63) is 81.9 Å². The molecule has 6 aromatic rings. The molecule has 5 N–H and O–H groups in total. The lowest BCUT2D eigenvalue weighted by molar-refractivity contribution is -0.193. The van der Waals surface area contributed by atoms with E-state index < -0.39 is 135 Å². The molecule has 0 bridgehead atoms. The minimum absolute atomic E-state index is 0.0156. The van der Waals surface area contributed by atoms with Gasteiger partial charge in [-0.05, 0) is 59.6 Å². The van der Waals surface area contributed by atoms with Crippen LogP contribution in [0.15, 0.2) is 45.7 Å². The molecule has 0 aliphatic carbocycles. The van der Waals surface area contributed by atoms with E-state index in [0.29, 0.717) is 11.2 Å². The number of hydrogen-bond acceptors (Lipinski definition) is 14. The number of ether oxygens (including phenoxy) is 2. The van der Waals surface area contributed by atoms with E-state index in [1.807, 2.05) is 5.32 Å². The molecule has 420 valence electrons. The summed E-state index contributed by atoms with van der Waals surface area (Å²) in [5.74, 6) is -2.66. The quantitative estimate of drug-likeness (QED) is 0.0455. The number of aryl methyl sites for hydroxylation is 2. The maximum Gasteiger partial charge on any atom is 0.410 e. The number of carbonyl (C=O) groups excluding carboxylic acids is 4. The summed E-state index contributed by atoms with van der Waals surface area (Å²) in [5.41, 5.74) is -1.41. The first-order valence-corrected chi connectivity index (χ1v) is 23.5. The lowest BCUT2D eigenvalue weighted by Gasteiger charge is -2.31. The Morgan fingerprint density at radius 2 is 1.29 bits per heavy atom. The van der Waals surface area contributed by atoms with Gasteiger partial charge in [0.1, 0.15) is 60.4 Å². The molecule has 35 heteroatoms. The second-order valence-electron chi connectivity index (χ2n) is 17.7. The highest BCUT2D eigenvalue weighted by Gasteiger charge is 2.53. The van der Waals surface area contributed by atoms with Gasteiger partial charge in [-0.3, -0.25) is 14.5 Å². The summed E-state index contributed by atoms with van der Waals surface area (Å²) in [6.45, 7) is -1.51. The van der Waals surface area contributed by atoms with E-state index in [9.17, 15) is 71.9 Å². The Morgan fingerprint density at radius 3 is 1.77 bits per heavy atom. The second kappa shape index (κ2) is 21.9. The van der Waals surface area contributed by atoms with Crippen molar-refractivity contribution in [2.24, 2.45) is 0 Å². The van der Waals surface area contributed by atoms with Crippen LogP contribution in [0.2, 0.25) is 0 Å². The van der Waals surface area contributed by atoms with Gasteiger partial charge in [0.2, 0.25) is 0 Å². The number of nitrogens with zero attached hydrogens (tertiary/aromatic N) is 9. The highest BCUT2D eigenvalue weighted by atomic mass is 32.1. The smallest absolute Gasteiger partial charge is 0.364 e. The normalized spacial score (nSPS) is 18.1. The average molecular weight is 1140 g/mol. The van der Waals surface area contributed by atoms with Gasteiger partial charge >= 0.3 is 36.8 Å². The highest BCUT2D eigenvalue weighted by molar-refractivity contribution is 7.89. The molecule has 1 unspecified atom stereocenters. The first-order valence-electron chi connectivity index (χ1n) is 22.6. The van der Waals surface area contributed by atoms with Crippen LogP contribution in [-0.2, 0) is 22.6 Å². The lowest BCUT2D eigenvalue weighted by Crippen LogP contribution is -2.48. The topological polar surface area (TPSA) is 268 Å². The molecule has 6 heterocycles. The number of aromatic amines is 2. The number of methoxy groups -OCH3 is 1. The number of hydrogen-bond donors (Lipinski definition) is 5.